The van der Waals surface area contributed by atoms with Crippen LogP contribution in [0.1, 0.15) is 29.6 Å². The minimum Gasteiger partial charge on any atom is -0.490 e. The quantitative estimate of drug-likeness (QED) is 0.714. The van der Waals surface area contributed by atoms with Gasteiger partial charge in [0.15, 0.2) is 0 Å². The van der Waals surface area contributed by atoms with Crippen molar-refractivity contribution >= 4 is 17.5 Å². The molecule has 128 valence electrons. The van der Waals surface area contributed by atoms with Gasteiger partial charge in [-0.05, 0) is 56.5 Å². The molecular formula is C17H25ClN2O3. The molecule has 0 radical (unpaired) electrons. The highest BCUT2D eigenvalue weighted by molar-refractivity contribution is 6.31. The van der Waals surface area contributed by atoms with Gasteiger partial charge >= 0.3 is 0 Å². The molecule has 0 bridgehead atoms. The van der Waals surface area contributed by atoms with Crippen LogP contribution in [0.25, 0.3) is 0 Å². The first-order chi connectivity index (χ1) is 11.2. The highest BCUT2D eigenvalue weighted by atomic mass is 35.5. The fourth-order valence-electron chi connectivity index (χ4n) is 2.70. The Kier molecular flexibility index (Phi) is 7.65. The van der Waals surface area contributed by atoms with Crippen molar-refractivity contribution in [3.8, 4) is 5.75 Å². The van der Waals surface area contributed by atoms with Crippen LogP contribution in [0.4, 0.5) is 0 Å². The highest BCUT2D eigenvalue weighted by Gasteiger charge is 2.16. The van der Waals surface area contributed by atoms with E-state index in [9.17, 15) is 4.79 Å². The number of amides is 1. The number of hydrogen-bond donors (Lipinski definition) is 2. The average molecular weight is 341 g/mol. The molecule has 1 aliphatic heterocycles. The summed E-state index contributed by atoms with van der Waals surface area (Å²) >= 11 is 6.01. The molecule has 0 aliphatic carbocycles. The van der Waals surface area contributed by atoms with E-state index in [2.05, 4.69) is 10.6 Å². The first-order valence-corrected chi connectivity index (χ1v) is 8.48. The van der Waals surface area contributed by atoms with Gasteiger partial charge in [0.25, 0.3) is 5.91 Å². The molecule has 1 aliphatic rings. The van der Waals surface area contributed by atoms with Crippen molar-refractivity contribution in [3.05, 3.63) is 28.8 Å². The van der Waals surface area contributed by atoms with Crippen LogP contribution in [-0.4, -0.2) is 45.9 Å². The van der Waals surface area contributed by atoms with Crippen molar-refractivity contribution in [1.29, 1.82) is 0 Å². The van der Waals surface area contributed by atoms with E-state index >= 15 is 0 Å². The molecule has 5 nitrogen and oxygen atoms in total. The molecule has 6 heteroatoms. The Bertz CT molecular complexity index is 505. The first-order valence-electron chi connectivity index (χ1n) is 8.11. The number of carbonyl (C=O) groups excluding carboxylic acids is 1. The Morgan fingerprint density at radius 2 is 2.30 bits per heavy atom. The molecule has 23 heavy (non-hydrogen) atoms. The Morgan fingerprint density at radius 3 is 3.04 bits per heavy atom. The summed E-state index contributed by atoms with van der Waals surface area (Å²) in [6.45, 7) is 3.67. The summed E-state index contributed by atoms with van der Waals surface area (Å²) in [6, 6.07) is 5.08. The molecule has 2 rings (SSSR count). The highest BCUT2D eigenvalue weighted by Crippen LogP contribution is 2.23. The van der Waals surface area contributed by atoms with Gasteiger partial charge in [0.1, 0.15) is 12.4 Å². The molecular weight excluding hydrogens is 316 g/mol. The number of ether oxygens (including phenoxy) is 2. The molecule has 1 atom stereocenters. The molecule has 1 saturated heterocycles. The first kappa shape index (κ1) is 18.0. The third-order valence-electron chi connectivity index (χ3n) is 3.97. The van der Waals surface area contributed by atoms with E-state index in [1.54, 1.807) is 25.3 Å². The van der Waals surface area contributed by atoms with Gasteiger partial charge in [-0.1, -0.05) is 11.6 Å². The van der Waals surface area contributed by atoms with Crippen LogP contribution in [-0.2, 0) is 4.74 Å². The van der Waals surface area contributed by atoms with Gasteiger partial charge in [0, 0.05) is 18.7 Å². The minimum atomic E-state index is -0.149. The van der Waals surface area contributed by atoms with Crippen molar-refractivity contribution in [2.75, 3.05) is 40.0 Å². The van der Waals surface area contributed by atoms with E-state index in [0.29, 0.717) is 42.0 Å². The van der Waals surface area contributed by atoms with Crippen LogP contribution in [0.3, 0.4) is 0 Å². The number of piperidine rings is 1. The Morgan fingerprint density at radius 1 is 1.43 bits per heavy atom. The second-order valence-corrected chi connectivity index (χ2v) is 6.18. The summed E-state index contributed by atoms with van der Waals surface area (Å²) in [5.74, 6) is 1.02. The SMILES string of the molecule is COCCOc1ccc(Cl)cc1C(=O)NCCC1CCCNC1. The normalized spacial score (nSPS) is 17.7. The zero-order valence-corrected chi connectivity index (χ0v) is 14.3. The number of rotatable bonds is 8. The maximum Gasteiger partial charge on any atom is 0.255 e. The van der Waals surface area contributed by atoms with Gasteiger partial charge < -0.3 is 20.1 Å². The monoisotopic (exact) mass is 340 g/mol. The number of methoxy groups -OCH3 is 1. The van der Waals surface area contributed by atoms with Gasteiger partial charge in [-0.3, -0.25) is 4.79 Å². The lowest BCUT2D eigenvalue weighted by atomic mass is 9.96. The second-order valence-electron chi connectivity index (χ2n) is 5.74. The van der Waals surface area contributed by atoms with E-state index < -0.39 is 0 Å². The molecule has 2 N–H and O–H groups in total. The predicted octanol–water partition coefficient (Wildman–Crippen LogP) is 2.48. The maximum atomic E-state index is 12.4. The topological polar surface area (TPSA) is 59.6 Å². The summed E-state index contributed by atoms with van der Waals surface area (Å²) < 4.78 is 10.6. The molecule has 0 aromatic heterocycles. The lowest BCUT2D eigenvalue weighted by Crippen LogP contribution is -2.33. The summed E-state index contributed by atoms with van der Waals surface area (Å²) in [6.07, 6.45) is 3.43. The van der Waals surface area contributed by atoms with E-state index in [0.717, 1.165) is 19.5 Å². The molecule has 1 aromatic carbocycles. The molecule has 1 unspecified atom stereocenters. The number of benzene rings is 1. The van der Waals surface area contributed by atoms with Gasteiger partial charge in [0.2, 0.25) is 0 Å². The van der Waals surface area contributed by atoms with Crippen LogP contribution in [0.2, 0.25) is 5.02 Å². The Labute approximate surface area is 142 Å². The smallest absolute Gasteiger partial charge is 0.255 e. The number of carbonyl (C=O) groups is 1. The van der Waals surface area contributed by atoms with Crippen molar-refractivity contribution < 1.29 is 14.3 Å². The van der Waals surface area contributed by atoms with Gasteiger partial charge in [0.05, 0.1) is 12.2 Å². The number of halogens is 1. The fourth-order valence-corrected chi connectivity index (χ4v) is 2.87. The average Bonchev–Trinajstić information content (AvgIpc) is 2.57. The van der Waals surface area contributed by atoms with Crippen LogP contribution in [0, 0.1) is 5.92 Å². The van der Waals surface area contributed by atoms with E-state index in [-0.39, 0.29) is 5.91 Å². The van der Waals surface area contributed by atoms with E-state index in [4.69, 9.17) is 21.1 Å². The second kappa shape index (κ2) is 9.75. The van der Waals surface area contributed by atoms with Gasteiger partial charge in [-0.25, -0.2) is 0 Å². The largest absolute Gasteiger partial charge is 0.490 e. The van der Waals surface area contributed by atoms with Gasteiger partial charge in [-0.2, -0.15) is 0 Å². The molecule has 1 fully saturated rings. The minimum absolute atomic E-state index is 0.149. The lowest BCUT2D eigenvalue weighted by Gasteiger charge is -2.22. The van der Waals surface area contributed by atoms with Crippen molar-refractivity contribution in [1.82, 2.24) is 10.6 Å². The Hall–Kier alpha value is -1.30. The summed E-state index contributed by atoms with van der Waals surface area (Å²) in [5, 5.41) is 6.87. The van der Waals surface area contributed by atoms with Crippen molar-refractivity contribution in [2.24, 2.45) is 5.92 Å². The maximum absolute atomic E-state index is 12.4. The molecule has 1 aromatic rings. The van der Waals surface area contributed by atoms with Crippen LogP contribution < -0.4 is 15.4 Å². The van der Waals surface area contributed by atoms with E-state index in [1.807, 2.05) is 0 Å². The standard InChI is InChI=1S/C17H25ClN2O3/c1-22-9-10-23-16-5-4-14(18)11-15(16)17(21)20-8-6-13-3-2-7-19-12-13/h4-5,11,13,19H,2-3,6-10,12H2,1H3,(H,20,21). The number of hydrogen-bond acceptors (Lipinski definition) is 4. The summed E-state index contributed by atoms with van der Waals surface area (Å²) in [4.78, 5) is 12.4. The van der Waals surface area contributed by atoms with Crippen molar-refractivity contribution in [3.63, 3.8) is 0 Å². The third-order valence-corrected chi connectivity index (χ3v) is 4.20. The van der Waals surface area contributed by atoms with Crippen LogP contribution >= 0.6 is 11.6 Å². The fraction of sp³-hybridized carbons (Fsp3) is 0.588. The molecule has 0 spiro atoms. The Balaban J connectivity index is 1.87. The zero-order valence-electron chi connectivity index (χ0n) is 13.6. The van der Waals surface area contributed by atoms with Crippen molar-refractivity contribution in [2.45, 2.75) is 19.3 Å². The third kappa shape index (κ3) is 6.01. The van der Waals surface area contributed by atoms with Crippen LogP contribution in [0.15, 0.2) is 18.2 Å². The van der Waals surface area contributed by atoms with E-state index in [1.165, 1.54) is 12.8 Å². The lowest BCUT2D eigenvalue weighted by molar-refractivity contribution is 0.0943. The molecule has 1 heterocycles. The summed E-state index contributed by atoms with van der Waals surface area (Å²) in [7, 11) is 1.61. The van der Waals surface area contributed by atoms with Crippen LogP contribution in [0.5, 0.6) is 5.75 Å². The molecule has 1 amide bonds. The number of nitrogens with one attached hydrogen (secondary N) is 2. The van der Waals surface area contributed by atoms with Gasteiger partial charge in [-0.15, -0.1) is 0 Å². The predicted molar refractivity (Wildman–Crippen MR) is 91.4 cm³/mol. The zero-order chi connectivity index (χ0) is 16.5. The summed E-state index contributed by atoms with van der Waals surface area (Å²) in [5.41, 5.74) is 0.468. The molecule has 0 saturated carbocycles.